The second-order valence-electron chi connectivity index (χ2n) is 6.20. The second kappa shape index (κ2) is 6.13. The highest BCUT2D eigenvalue weighted by Crippen LogP contribution is 2.16. The molecule has 0 bridgehead atoms. The van der Waals surface area contributed by atoms with Crippen LogP contribution in [0.1, 0.15) is 22.9 Å². The number of rotatable bonds is 3. The third-order valence-corrected chi connectivity index (χ3v) is 4.47. The zero-order chi connectivity index (χ0) is 16.5. The van der Waals surface area contributed by atoms with Gasteiger partial charge in [0, 0.05) is 32.3 Å². The van der Waals surface area contributed by atoms with E-state index in [1.54, 1.807) is 6.07 Å². The molecule has 4 rings (SSSR count). The number of nitrogens with zero attached hydrogens (tertiary/aromatic N) is 4. The van der Waals surface area contributed by atoms with Crippen molar-refractivity contribution in [1.29, 1.82) is 0 Å². The number of fused-ring (bicyclic) bond motifs is 2. The number of nitrogens with one attached hydrogen (secondary N) is 1. The van der Waals surface area contributed by atoms with Gasteiger partial charge in [-0.2, -0.15) is 0 Å². The highest BCUT2D eigenvalue weighted by molar-refractivity contribution is 5.77. The maximum Gasteiger partial charge on any atom is 0.258 e. The van der Waals surface area contributed by atoms with Crippen molar-refractivity contribution < 1.29 is 0 Å². The maximum atomic E-state index is 12.1. The largest absolute Gasteiger partial charge is 0.310 e. The van der Waals surface area contributed by atoms with E-state index in [0.29, 0.717) is 5.39 Å². The first-order valence-electron chi connectivity index (χ1n) is 8.21. The summed E-state index contributed by atoms with van der Waals surface area (Å²) in [5.41, 5.74) is 3.05. The van der Waals surface area contributed by atoms with Gasteiger partial charge in [-0.15, -0.1) is 0 Å². The summed E-state index contributed by atoms with van der Waals surface area (Å²) < 4.78 is 0. The number of aromatic nitrogens is 4. The summed E-state index contributed by atoms with van der Waals surface area (Å²) >= 11 is 0. The van der Waals surface area contributed by atoms with Crippen molar-refractivity contribution in [2.45, 2.75) is 26.3 Å². The van der Waals surface area contributed by atoms with Crippen LogP contribution in [0.5, 0.6) is 0 Å². The molecule has 0 saturated carbocycles. The Bertz CT molecular complexity index is 950. The Labute approximate surface area is 139 Å². The summed E-state index contributed by atoms with van der Waals surface area (Å²) in [6.45, 7) is 4.58. The van der Waals surface area contributed by atoms with E-state index in [2.05, 4.69) is 24.8 Å². The number of hydrogen-bond donors (Lipinski definition) is 1. The minimum absolute atomic E-state index is 0.0667. The molecule has 0 aliphatic carbocycles. The monoisotopic (exact) mass is 321 g/mol. The molecular formula is C18H19N5O. The highest BCUT2D eigenvalue weighted by atomic mass is 16.1. The lowest BCUT2D eigenvalue weighted by atomic mass is 10.1. The van der Waals surface area contributed by atoms with E-state index in [4.69, 9.17) is 0 Å². The molecule has 0 atom stereocenters. The van der Waals surface area contributed by atoms with E-state index in [0.717, 1.165) is 55.3 Å². The van der Waals surface area contributed by atoms with Gasteiger partial charge in [-0.25, -0.2) is 15.0 Å². The first-order valence-corrected chi connectivity index (χ1v) is 8.21. The fourth-order valence-electron chi connectivity index (χ4n) is 3.17. The number of hydrogen-bond acceptors (Lipinski definition) is 5. The van der Waals surface area contributed by atoms with Crippen LogP contribution in [-0.2, 0) is 19.4 Å². The lowest BCUT2D eigenvalue weighted by molar-refractivity contribution is 0.251. The molecule has 3 heterocycles. The van der Waals surface area contributed by atoms with Crippen molar-refractivity contribution in [3.63, 3.8) is 0 Å². The summed E-state index contributed by atoms with van der Waals surface area (Å²) in [5.74, 6) is 1.56. The zero-order valence-corrected chi connectivity index (χ0v) is 13.6. The van der Waals surface area contributed by atoms with Crippen LogP contribution in [0.15, 0.2) is 35.3 Å². The van der Waals surface area contributed by atoms with Crippen LogP contribution in [0, 0.1) is 6.92 Å². The molecule has 0 unspecified atom stereocenters. The third kappa shape index (κ3) is 2.92. The van der Waals surface area contributed by atoms with E-state index >= 15 is 0 Å². The van der Waals surface area contributed by atoms with Gasteiger partial charge in [0.2, 0.25) is 0 Å². The molecular weight excluding hydrogens is 302 g/mol. The lowest BCUT2D eigenvalue weighted by Crippen LogP contribution is -2.33. The van der Waals surface area contributed by atoms with E-state index in [1.807, 2.05) is 31.3 Å². The molecule has 0 radical (unpaired) electrons. The average Bonchev–Trinajstić information content (AvgIpc) is 2.59. The SMILES string of the molecule is Cc1ncc2c(n1)CN(CCc1nc3ccccc3c(=O)[nH]1)CC2. The van der Waals surface area contributed by atoms with E-state index in [-0.39, 0.29) is 5.56 Å². The molecule has 1 aliphatic heterocycles. The Morgan fingerprint density at radius 1 is 1.25 bits per heavy atom. The van der Waals surface area contributed by atoms with E-state index < -0.39 is 0 Å². The van der Waals surface area contributed by atoms with Crippen molar-refractivity contribution >= 4 is 10.9 Å². The number of benzene rings is 1. The molecule has 2 aromatic heterocycles. The van der Waals surface area contributed by atoms with E-state index in [1.165, 1.54) is 5.56 Å². The lowest BCUT2D eigenvalue weighted by Gasteiger charge is -2.27. The normalized spacial score (nSPS) is 14.7. The van der Waals surface area contributed by atoms with Gasteiger partial charge in [-0.3, -0.25) is 9.69 Å². The molecule has 0 fully saturated rings. The maximum absolute atomic E-state index is 12.1. The van der Waals surface area contributed by atoms with Crippen LogP contribution < -0.4 is 5.56 Å². The van der Waals surface area contributed by atoms with Crippen LogP contribution in [0.3, 0.4) is 0 Å². The van der Waals surface area contributed by atoms with Gasteiger partial charge in [0.25, 0.3) is 5.56 Å². The summed E-state index contributed by atoms with van der Waals surface area (Å²) in [7, 11) is 0. The molecule has 0 amide bonds. The zero-order valence-electron chi connectivity index (χ0n) is 13.6. The summed E-state index contributed by atoms with van der Waals surface area (Å²) in [6, 6.07) is 7.44. The Morgan fingerprint density at radius 2 is 2.12 bits per heavy atom. The Hall–Kier alpha value is -2.60. The van der Waals surface area contributed by atoms with Crippen molar-refractivity contribution in [2.24, 2.45) is 0 Å². The fourth-order valence-corrected chi connectivity index (χ4v) is 3.17. The first kappa shape index (κ1) is 15.0. The van der Waals surface area contributed by atoms with Crippen molar-refractivity contribution in [3.05, 3.63) is 63.7 Å². The minimum atomic E-state index is -0.0667. The molecule has 0 spiro atoms. The topological polar surface area (TPSA) is 74.8 Å². The van der Waals surface area contributed by atoms with E-state index in [9.17, 15) is 4.79 Å². The molecule has 6 nitrogen and oxygen atoms in total. The summed E-state index contributed by atoms with van der Waals surface area (Å²) in [5, 5.41) is 0.639. The minimum Gasteiger partial charge on any atom is -0.310 e. The summed E-state index contributed by atoms with van der Waals surface area (Å²) in [4.78, 5) is 30.8. The number of para-hydroxylation sites is 1. The quantitative estimate of drug-likeness (QED) is 0.793. The fraction of sp³-hybridized carbons (Fsp3) is 0.333. The molecule has 0 saturated heterocycles. The van der Waals surface area contributed by atoms with Crippen LogP contribution in [0.2, 0.25) is 0 Å². The number of aromatic amines is 1. The highest BCUT2D eigenvalue weighted by Gasteiger charge is 2.18. The standard InChI is InChI=1S/C18H19N5O/c1-12-19-10-13-6-8-23(11-16(13)20-12)9-7-17-21-15-5-3-2-4-14(15)18(24)22-17/h2-5,10H,6-9,11H2,1H3,(H,21,22,24). The molecule has 3 aromatic rings. The van der Waals surface area contributed by atoms with Gasteiger partial charge in [-0.05, 0) is 31.0 Å². The average molecular weight is 321 g/mol. The smallest absolute Gasteiger partial charge is 0.258 e. The Morgan fingerprint density at radius 3 is 3.04 bits per heavy atom. The van der Waals surface area contributed by atoms with Crippen molar-refractivity contribution in [1.82, 2.24) is 24.8 Å². The van der Waals surface area contributed by atoms with Crippen LogP contribution in [0.4, 0.5) is 0 Å². The second-order valence-corrected chi connectivity index (χ2v) is 6.20. The first-order chi connectivity index (χ1) is 11.7. The van der Waals surface area contributed by atoms with Gasteiger partial charge in [0.1, 0.15) is 11.6 Å². The van der Waals surface area contributed by atoms with Gasteiger partial charge in [-0.1, -0.05) is 12.1 Å². The van der Waals surface area contributed by atoms with Gasteiger partial charge >= 0.3 is 0 Å². The van der Waals surface area contributed by atoms with Gasteiger partial charge < -0.3 is 4.98 Å². The van der Waals surface area contributed by atoms with Crippen LogP contribution in [0.25, 0.3) is 10.9 Å². The van der Waals surface area contributed by atoms with Gasteiger partial charge in [0.15, 0.2) is 0 Å². The predicted octanol–water partition coefficient (Wildman–Crippen LogP) is 1.62. The third-order valence-electron chi connectivity index (χ3n) is 4.47. The van der Waals surface area contributed by atoms with Crippen LogP contribution >= 0.6 is 0 Å². The molecule has 1 aliphatic rings. The van der Waals surface area contributed by atoms with Crippen LogP contribution in [-0.4, -0.2) is 37.9 Å². The van der Waals surface area contributed by atoms with Gasteiger partial charge in [0.05, 0.1) is 16.6 Å². The molecule has 1 aromatic carbocycles. The molecule has 24 heavy (non-hydrogen) atoms. The van der Waals surface area contributed by atoms with Crippen molar-refractivity contribution in [2.75, 3.05) is 13.1 Å². The summed E-state index contributed by atoms with van der Waals surface area (Å²) in [6.07, 6.45) is 3.63. The predicted molar refractivity (Wildman–Crippen MR) is 91.8 cm³/mol. The number of aryl methyl sites for hydroxylation is 1. The Kier molecular flexibility index (Phi) is 3.82. The molecule has 122 valence electrons. The molecule has 6 heteroatoms. The number of H-pyrrole nitrogens is 1. The van der Waals surface area contributed by atoms with Crippen molar-refractivity contribution in [3.8, 4) is 0 Å². The Balaban J connectivity index is 1.49. The molecule has 1 N–H and O–H groups in total.